The summed E-state index contributed by atoms with van der Waals surface area (Å²) < 4.78 is 10.4. The van der Waals surface area contributed by atoms with Gasteiger partial charge in [0.15, 0.2) is 0 Å². The van der Waals surface area contributed by atoms with Gasteiger partial charge in [-0.05, 0) is 12.5 Å². The van der Waals surface area contributed by atoms with Gasteiger partial charge in [0, 0.05) is 19.2 Å². The van der Waals surface area contributed by atoms with Crippen LogP contribution in [0.25, 0.3) is 5.70 Å². The van der Waals surface area contributed by atoms with Crippen LogP contribution in [0.4, 0.5) is 0 Å². The molecule has 0 spiro atoms. The minimum Gasteiger partial charge on any atom is -0.463 e. The summed E-state index contributed by atoms with van der Waals surface area (Å²) in [6.07, 6.45) is 1.57. The highest BCUT2D eigenvalue weighted by molar-refractivity contribution is 5.90. The van der Waals surface area contributed by atoms with E-state index in [1.54, 1.807) is 6.08 Å². The minimum absolute atomic E-state index is 0.298. The van der Waals surface area contributed by atoms with Crippen molar-refractivity contribution in [3.05, 3.63) is 42.0 Å². The van der Waals surface area contributed by atoms with Gasteiger partial charge in [-0.25, -0.2) is 4.79 Å². The summed E-state index contributed by atoms with van der Waals surface area (Å²) in [5.74, 6) is -0.298. The fraction of sp³-hybridized carbons (Fsp3) is 0.400. The van der Waals surface area contributed by atoms with Gasteiger partial charge in [0.1, 0.15) is 0 Å². The molecule has 1 aliphatic rings. The SMILES string of the molecule is CCOC(=O)/C=C(\c1ccccc1)N1CCOCC1. The predicted octanol–water partition coefficient (Wildman–Crippen LogP) is 1.92. The van der Waals surface area contributed by atoms with Crippen molar-refractivity contribution in [3.63, 3.8) is 0 Å². The third-order valence-corrected chi connectivity index (χ3v) is 2.96. The van der Waals surface area contributed by atoms with E-state index in [2.05, 4.69) is 4.90 Å². The normalized spacial score (nSPS) is 16.3. The maximum atomic E-state index is 11.7. The monoisotopic (exact) mass is 261 g/mol. The lowest BCUT2D eigenvalue weighted by atomic mass is 10.1. The number of hydrogen-bond donors (Lipinski definition) is 0. The van der Waals surface area contributed by atoms with Gasteiger partial charge in [0.05, 0.1) is 25.5 Å². The van der Waals surface area contributed by atoms with E-state index < -0.39 is 0 Å². The predicted molar refractivity (Wildman–Crippen MR) is 73.4 cm³/mol. The zero-order chi connectivity index (χ0) is 13.5. The molecule has 0 unspecified atom stereocenters. The Labute approximate surface area is 113 Å². The highest BCUT2D eigenvalue weighted by Crippen LogP contribution is 2.20. The molecule has 19 heavy (non-hydrogen) atoms. The van der Waals surface area contributed by atoms with Crippen molar-refractivity contribution in [2.24, 2.45) is 0 Å². The number of hydrogen-bond acceptors (Lipinski definition) is 4. The molecule has 1 aromatic rings. The number of nitrogens with zero attached hydrogens (tertiary/aromatic N) is 1. The Morgan fingerprint density at radius 3 is 2.63 bits per heavy atom. The first-order chi connectivity index (χ1) is 9.31. The molecule has 0 amide bonds. The highest BCUT2D eigenvalue weighted by Gasteiger charge is 2.16. The third-order valence-electron chi connectivity index (χ3n) is 2.96. The van der Waals surface area contributed by atoms with Crippen molar-refractivity contribution in [1.29, 1.82) is 0 Å². The van der Waals surface area contributed by atoms with Crippen molar-refractivity contribution in [1.82, 2.24) is 4.90 Å². The fourth-order valence-corrected chi connectivity index (χ4v) is 2.07. The molecule has 0 saturated carbocycles. The summed E-state index contributed by atoms with van der Waals surface area (Å²) in [5, 5.41) is 0. The van der Waals surface area contributed by atoms with E-state index in [0.29, 0.717) is 19.8 Å². The topological polar surface area (TPSA) is 38.8 Å². The van der Waals surface area contributed by atoms with Crippen LogP contribution in [0.5, 0.6) is 0 Å². The molecule has 0 atom stereocenters. The number of rotatable bonds is 4. The first-order valence-electron chi connectivity index (χ1n) is 6.58. The Morgan fingerprint density at radius 1 is 1.32 bits per heavy atom. The second-order valence-corrected chi connectivity index (χ2v) is 4.25. The van der Waals surface area contributed by atoms with Crippen molar-refractivity contribution >= 4 is 11.7 Å². The Balaban J connectivity index is 2.24. The highest BCUT2D eigenvalue weighted by atomic mass is 16.5. The van der Waals surface area contributed by atoms with Gasteiger partial charge in [0.2, 0.25) is 0 Å². The Hall–Kier alpha value is -1.81. The molecule has 1 aliphatic heterocycles. The van der Waals surface area contributed by atoms with Crippen LogP contribution in [0.15, 0.2) is 36.4 Å². The Kier molecular flexibility index (Phi) is 4.98. The average molecular weight is 261 g/mol. The van der Waals surface area contributed by atoms with Crippen molar-refractivity contribution in [3.8, 4) is 0 Å². The summed E-state index contributed by atoms with van der Waals surface area (Å²) in [5.41, 5.74) is 1.93. The quantitative estimate of drug-likeness (QED) is 0.613. The zero-order valence-electron chi connectivity index (χ0n) is 11.2. The lowest BCUT2D eigenvalue weighted by molar-refractivity contribution is -0.137. The molecule has 4 nitrogen and oxygen atoms in total. The first kappa shape index (κ1) is 13.6. The van der Waals surface area contributed by atoms with Gasteiger partial charge in [-0.3, -0.25) is 0 Å². The standard InChI is InChI=1S/C15H19NO3/c1-2-19-15(17)12-14(13-6-4-3-5-7-13)16-8-10-18-11-9-16/h3-7,12H,2,8-11H2,1H3/b14-12+. The molecule has 1 saturated heterocycles. The molecule has 1 fully saturated rings. The van der Waals surface area contributed by atoms with E-state index in [1.165, 1.54) is 0 Å². The zero-order valence-corrected chi connectivity index (χ0v) is 11.2. The maximum Gasteiger partial charge on any atom is 0.332 e. The molecule has 1 aromatic carbocycles. The maximum absolute atomic E-state index is 11.7. The smallest absolute Gasteiger partial charge is 0.332 e. The first-order valence-corrected chi connectivity index (χ1v) is 6.58. The number of benzene rings is 1. The van der Waals surface area contributed by atoms with Crippen LogP contribution < -0.4 is 0 Å². The van der Waals surface area contributed by atoms with E-state index in [4.69, 9.17) is 9.47 Å². The molecule has 0 N–H and O–H groups in total. The fourth-order valence-electron chi connectivity index (χ4n) is 2.07. The Bertz CT molecular complexity index is 436. The van der Waals surface area contributed by atoms with Crippen LogP contribution in [0, 0.1) is 0 Å². The molecule has 1 heterocycles. The molecular weight excluding hydrogens is 242 g/mol. The minimum atomic E-state index is -0.298. The van der Waals surface area contributed by atoms with Crippen LogP contribution in [0.3, 0.4) is 0 Å². The molecule has 0 aliphatic carbocycles. The molecule has 0 bridgehead atoms. The van der Waals surface area contributed by atoms with Crippen molar-refractivity contribution in [2.75, 3.05) is 32.9 Å². The van der Waals surface area contributed by atoms with Gasteiger partial charge in [0.25, 0.3) is 0 Å². The molecule has 4 heteroatoms. The number of morpholine rings is 1. The second-order valence-electron chi connectivity index (χ2n) is 4.25. The number of carbonyl (C=O) groups excluding carboxylic acids is 1. The van der Waals surface area contributed by atoms with Crippen LogP contribution >= 0.6 is 0 Å². The van der Waals surface area contributed by atoms with Crippen LogP contribution in [0.2, 0.25) is 0 Å². The van der Waals surface area contributed by atoms with Crippen LogP contribution in [-0.2, 0) is 14.3 Å². The molecular formula is C15H19NO3. The summed E-state index contributed by atoms with van der Waals surface area (Å²) in [6.45, 7) is 5.16. The van der Waals surface area contributed by atoms with Gasteiger partial charge < -0.3 is 14.4 Å². The summed E-state index contributed by atoms with van der Waals surface area (Å²) in [7, 11) is 0. The molecule has 0 radical (unpaired) electrons. The number of esters is 1. The molecule has 102 valence electrons. The summed E-state index contributed by atoms with van der Waals surface area (Å²) in [4.78, 5) is 13.9. The van der Waals surface area contributed by atoms with Gasteiger partial charge >= 0.3 is 5.97 Å². The van der Waals surface area contributed by atoms with Crippen LogP contribution in [-0.4, -0.2) is 43.8 Å². The summed E-state index contributed by atoms with van der Waals surface area (Å²) >= 11 is 0. The van der Waals surface area contributed by atoms with E-state index in [0.717, 1.165) is 24.4 Å². The average Bonchev–Trinajstić information content (AvgIpc) is 2.47. The van der Waals surface area contributed by atoms with E-state index in [9.17, 15) is 4.79 Å². The molecule has 2 rings (SSSR count). The number of carbonyl (C=O) groups is 1. The van der Waals surface area contributed by atoms with Gasteiger partial charge in [-0.15, -0.1) is 0 Å². The van der Waals surface area contributed by atoms with E-state index >= 15 is 0 Å². The van der Waals surface area contributed by atoms with Crippen molar-refractivity contribution in [2.45, 2.75) is 6.92 Å². The van der Waals surface area contributed by atoms with E-state index in [1.807, 2.05) is 37.3 Å². The summed E-state index contributed by atoms with van der Waals surface area (Å²) in [6, 6.07) is 9.90. The van der Waals surface area contributed by atoms with E-state index in [-0.39, 0.29) is 5.97 Å². The third kappa shape index (κ3) is 3.83. The van der Waals surface area contributed by atoms with Gasteiger partial charge in [-0.1, -0.05) is 30.3 Å². The largest absolute Gasteiger partial charge is 0.463 e. The Morgan fingerprint density at radius 2 is 2.00 bits per heavy atom. The van der Waals surface area contributed by atoms with Gasteiger partial charge in [-0.2, -0.15) is 0 Å². The van der Waals surface area contributed by atoms with Crippen LogP contribution in [0.1, 0.15) is 12.5 Å². The molecule has 0 aromatic heterocycles. The lowest BCUT2D eigenvalue weighted by Gasteiger charge is -2.31. The van der Waals surface area contributed by atoms with Crippen molar-refractivity contribution < 1.29 is 14.3 Å². The lowest BCUT2D eigenvalue weighted by Crippen LogP contribution is -2.35. The number of ether oxygens (including phenoxy) is 2. The second kappa shape index (κ2) is 6.95.